The van der Waals surface area contributed by atoms with Gasteiger partial charge < -0.3 is 15.0 Å². The normalized spacial score (nSPS) is 11.1. The molecule has 0 amide bonds. The number of benzene rings is 2. The number of phenolic OH excluding ortho intramolecular Hbond substituents is 1. The smallest absolute Gasteiger partial charge is 0.120 e. The van der Waals surface area contributed by atoms with E-state index in [1.54, 1.807) is 6.07 Å². The number of aromatic nitrogens is 1. The van der Waals surface area contributed by atoms with Crippen molar-refractivity contribution in [3.05, 3.63) is 65.9 Å². The molecule has 108 valence electrons. The summed E-state index contributed by atoms with van der Waals surface area (Å²) in [4.78, 5) is 0. The van der Waals surface area contributed by atoms with Gasteiger partial charge in [0.15, 0.2) is 0 Å². The van der Waals surface area contributed by atoms with E-state index < -0.39 is 0 Å². The van der Waals surface area contributed by atoms with Gasteiger partial charge in [-0.15, -0.1) is 0 Å². The van der Waals surface area contributed by atoms with Gasteiger partial charge in [0.2, 0.25) is 0 Å². The zero-order chi connectivity index (χ0) is 14.7. The van der Waals surface area contributed by atoms with Crippen molar-refractivity contribution in [2.24, 2.45) is 7.05 Å². The molecule has 1 heterocycles. The number of nitrogens with one attached hydrogen (secondary N) is 1. The van der Waals surface area contributed by atoms with E-state index in [9.17, 15) is 5.11 Å². The van der Waals surface area contributed by atoms with Crippen LogP contribution in [0.1, 0.15) is 11.1 Å². The van der Waals surface area contributed by atoms with Crippen molar-refractivity contribution in [2.75, 3.05) is 6.54 Å². The van der Waals surface area contributed by atoms with Gasteiger partial charge in [-0.25, -0.2) is 0 Å². The largest absolute Gasteiger partial charge is 0.508 e. The fourth-order valence-electron chi connectivity index (χ4n) is 2.73. The number of aromatic hydroxyl groups is 1. The molecule has 21 heavy (non-hydrogen) atoms. The Morgan fingerprint density at radius 1 is 1.00 bits per heavy atom. The van der Waals surface area contributed by atoms with Gasteiger partial charge in [-0.2, -0.15) is 0 Å². The molecule has 0 fully saturated rings. The molecule has 3 rings (SSSR count). The van der Waals surface area contributed by atoms with Crippen LogP contribution in [-0.2, 0) is 20.0 Å². The van der Waals surface area contributed by atoms with Crippen molar-refractivity contribution < 1.29 is 5.11 Å². The highest BCUT2D eigenvalue weighted by atomic mass is 16.3. The predicted molar refractivity (Wildman–Crippen MR) is 86.4 cm³/mol. The molecule has 0 unspecified atom stereocenters. The number of hydrogen-bond donors (Lipinski definition) is 2. The second-order valence-corrected chi connectivity index (χ2v) is 5.34. The van der Waals surface area contributed by atoms with Crippen LogP contribution in [-0.4, -0.2) is 16.2 Å². The molecule has 0 radical (unpaired) electrons. The molecule has 2 N–H and O–H groups in total. The third kappa shape index (κ3) is 2.93. The number of nitrogens with zero attached hydrogens (tertiary/aromatic N) is 1. The third-order valence-electron chi connectivity index (χ3n) is 3.86. The van der Waals surface area contributed by atoms with Crippen molar-refractivity contribution in [1.82, 2.24) is 9.88 Å². The topological polar surface area (TPSA) is 37.2 Å². The molecule has 3 aromatic rings. The number of fused-ring (bicyclic) bond motifs is 1. The van der Waals surface area contributed by atoms with E-state index in [-0.39, 0.29) is 0 Å². The van der Waals surface area contributed by atoms with Gasteiger partial charge in [-0.3, -0.25) is 0 Å². The monoisotopic (exact) mass is 280 g/mol. The highest BCUT2D eigenvalue weighted by Gasteiger charge is 2.05. The lowest BCUT2D eigenvalue weighted by atomic mass is 10.1. The SMILES string of the molecule is Cn1cc(CCNCc2ccccc2O)c2ccccc21. The van der Waals surface area contributed by atoms with Crippen LogP contribution in [0.15, 0.2) is 54.7 Å². The number of aryl methyl sites for hydroxylation is 1. The predicted octanol–water partition coefficient (Wildman–Crippen LogP) is 3.22. The molecule has 0 aliphatic rings. The zero-order valence-corrected chi connectivity index (χ0v) is 12.2. The first-order chi connectivity index (χ1) is 10.3. The molecule has 0 saturated heterocycles. The summed E-state index contributed by atoms with van der Waals surface area (Å²) in [6.07, 6.45) is 3.18. The maximum Gasteiger partial charge on any atom is 0.120 e. The van der Waals surface area contributed by atoms with Crippen LogP contribution in [0.5, 0.6) is 5.75 Å². The second-order valence-electron chi connectivity index (χ2n) is 5.34. The van der Waals surface area contributed by atoms with E-state index in [4.69, 9.17) is 0 Å². The van der Waals surface area contributed by atoms with Crippen molar-refractivity contribution >= 4 is 10.9 Å². The molecule has 3 heteroatoms. The fourth-order valence-corrected chi connectivity index (χ4v) is 2.73. The Hall–Kier alpha value is -2.26. The van der Waals surface area contributed by atoms with Gasteiger partial charge in [0.25, 0.3) is 0 Å². The Morgan fingerprint density at radius 3 is 2.62 bits per heavy atom. The summed E-state index contributed by atoms with van der Waals surface area (Å²) in [5, 5.41) is 14.4. The van der Waals surface area contributed by atoms with Gasteiger partial charge in [0, 0.05) is 36.3 Å². The first-order valence-electron chi connectivity index (χ1n) is 7.26. The van der Waals surface area contributed by atoms with Crippen LogP contribution in [0.3, 0.4) is 0 Å². The summed E-state index contributed by atoms with van der Waals surface area (Å²) in [6, 6.07) is 15.9. The Balaban J connectivity index is 1.61. The summed E-state index contributed by atoms with van der Waals surface area (Å²) in [5.41, 5.74) is 3.57. The molecule has 1 aromatic heterocycles. The molecular formula is C18H20N2O. The quantitative estimate of drug-likeness (QED) is 0.704. The average molecular weight is 280 g/mol. The van der Waals surface area contributed by atoms with Gasteiger partial charge in [0.05, 0.1) is 0 Å². The summed E-state index contributed by atoms with van der Waals surface area (Å²) >= 11 is 0. The van der Waals surface area contributed by atoms with Crippen molar-refractivity contribution in [3.63, 3.8) is 0 Å². The first kappa shape index (κ1) is 13.7. The first-order valence-corrected chi connectivity index (χ1v) is 7.26. The van der Waals surface area contributed by atoms with Gasteiger partial charge in [-0.05, 0) is 30.7 Å². The van der Waals surface area contributed by atoms with Gasteiger partial charge >= 0.3 is 0 Å². The Bertz CT molecular complexity index is 746. The van der Waals surface area contributed by atoms with E-state index in [1.807, 2.05) is 18.2 Å². The second kappa shape index (κ2) is 6.02. The lowest BCUT2D eigenvalue weighted by molar-refractivity contribution is 0.464. The summed E-state index contributed by atoms with van der Waals surface area (Å²) < 4.78 is 2.17. The fraction of sp³-hybridized carbons (Fsp3) is 0.222. The van der Waals surface area contributed by atoms with E-state index in [0.29, 0.717) is 12.3 Å². The number of hydrogen-bond acceptors (Lipinski definition) is 2. The standard InChI is InChI=1S/C18H20N2O/c1-20-13-15(16-7-3-4-8-17(16)20)10-11-19-12-14-6-2-5-9-18(14)21/h2-9,13,19,21H,10-12H2,1H3. The Labute approximate surface area is 124 Å². The highest BCUT2D eigenvalue weighted by molar-refractivity contribution is 5.83. The van der Waals surface area contributed by atoms with Crippen molar-refractivity contribution in [1.29, 1.82) is 0 Å². The summed E-state index contributed by atoms with van der Waals surface area (Å²) in [6.45, 7) is 1.58. The van der Waals surface area contributed by atoms with Crippen LogP contribution in [0.25, 0.3) is 10.9 Å². The summed E-state index contributed by atoms with van der Waals surface area (Å²) in [7, 11) is 2.08. The average Bonchev–Trinajstić information content (AvgIpc) is 2.82. The molecule has 0 bridgehead atoms. The number of rotatable bonds is 5. The van der Waals surface area contributed by atoms with Crippen LogP contribution < -0.4 is 5.32 Å². The van der Waals surface area contributed by atoms with E-state index >= 15 is 0 Å². The molecule has 0 aliphatic carbocycles. The molecule has 2 aromatic carbocycles. The van der Waals surface area contributed by atoms with Crippen molar-refractivity contribution in [2.45, 2.75) is 13.0 Å². The van der Waals surface area contributed by atoms with Gasteiger partial charge in [-0.1, -0.05) is 36.4 Å². The molecule has 0 saturated carbocycles. The number of para-hydroxylation sites is 2. The highest BCUT2D eigenvalue weighted by Crippen LogP contribution is 2.20. The van der Waals surface area contributed by atoms with Crippen LogP contribution in [0.4, 0.5) is 0 Å². The minimum atomic E-state index is 0.357. The zero-order valence-electron chi connectivity index (χ0n) is 12.2. The van der Waals surface area contributed by atoms with Crippen molar-refractivity contribution in [3.8, 4) is 5.75 Å². The van der Waals surface area contributed by atoms with E-state index in [2.05, 4.69) is 47.4 Å². The minimum absolute atomic E-state index is 0.357. The molecule has 0 atom stereocenters. The van der Waals surface area contributed by atoms with Gasteiger partial charge in [0.1, 0.15) is 5.75 Å². The maximum absolute atomic E-state index is 9.73. The third-order valence-corrected chi connectivity index (χ3v) is 3.86. The lowest BCUT2D eigenvalue weighted by Gasteiger charge is -2.06. The number of phenols is 1. The molecule has 3 nitrogen and oxygen atoms in total. The van der Waals surface area contributed by atoms with E-state index in [1.165, 1.54) is 16.5 Å². The maximum atomic E-state index is 9.73. The minimum Gasteiger partial charge on any atom is -0.508 e. The van der Waals surface area contributed by atoms with Crippen LogP contribution in [0, 0.1) is 0 Å². The lowest BCUT2D eigenvalue weighted by Crippen LogP contribution is -2.16. The summed E-state index contributed by atoms with van der Waals surface area (Å²) in [5.74, 6) is 0.357. The molecular weight excluding hydrogens is 260 g/mol. The van der Waals surface area contributed by atoms with Crippen LogP contribution in [0.2, 0.25) is 0 Å². The molecule has 0 spiro atoms. The molecule has 0 aliphatic heterocycles. The van der Waals surface area contributed by atoms with Crippen LogP contribution >= 0.6 is 0 Å². The Kier molecular flexibility index (Phi) is 3.93. The van der Waals surface area contributed by atoms with E-state index in [0.717, 1.165) is 18.5 Å². The Morgan fingerprint density at radius 2 is 1.76 bits per heavy atom.